The molecule has 0 bridgehead atoms. The first kappa shape index (κ1) is 12.3. The number of benzene rings is 1. The molecule has 0 saturated heterocycles. The lowest BCUT2D eigenvalue weighted by atomic mass is 9.95. The van der Waals surface area contributed by atoms with Crippen molar-refractivity contribution in [1.82, 2.24) is 0 Å². The van der Waals surface area contributed by atoms with Crippen molar-refractivity contribution in [2.45, 2.75) is 53.0 Å². The van der Waals surface area contributed by atoms with Crippen LogP contribution in [0.1, 0.15) is 42.0 Å². The fraction of sp³-hybridized carbons (Fsp3) is 0.571. The maximum absolute atomic E-state index is 5.75. The van der Waals surface area contributed by atoms with Gasteiger partial charge in [-0.25, -0.2) is 0 Å². The Labute approximate surface area is 93.7 Å². The van der Waals surface area contributed by atoms with Gasteiger partial charge in [-0.1, -0.05) is 12.1 Å². The topological polar surface area (TPSA) is 26.0 Å². The summed E-state index contributed by atoms with van der Waals surface area (Å²) in [7, 11) is 0. The van der Waals surface area contributed by atoms with Gasteiger partial charge in [0.25, 0.3) is 0 Å². The third-order valence-corrected chi connectivity index (χ3v) is 3.28. The molecule has 1 aromatic carbocycles. The molecule has 0 spiro atoms. The molecule has 1 heteroatoms. The molecule has 1 unspecified atom stereocenters. The van der Waals surface area contributed by atoms with Crippen molar-refractivity contribution >= 4 is 0 Å². The Kier molecular flexibility index (Phi) is 4.34. The average molecular weight is 205 g/mol. The Balaban J connectivity index is 2.66. The van der Waals surface area contributed by atoms with E-state index in [1.54, 1.807) is 0 Å². The van der Waals surface area contributed by atoms with Gasteiger partial charge in [0, 0.05) is 6.04 Å². The van der Waals surface area contributed by atoms with Crippen LogP contribution in [0.5, 0.6) is 0 Å². The molecule has 0 fully saturated rings. The van der Waals surface area contributed by atoms with Crippen molar-refractivity contribution in [1.29, 1.82) is 0 Å². The normalized spacial score (nSPS) is 12.9. The third kappa shape index (κ3) is 3.35. The van der Waals surface area contributed by atoms with Crippen LogP contribution in [0.15, 0.2) is 12.1 Å². The van der Waals surface area contributed by atoms with Crippen molar-refractivity contribution in [2.24, 2.45) is 5.73 Å². The summed E-state index contributed by atoms with van der Waals surface area (Å²) in [6, 6.07) is 4.82. The van der Waals surface area contributed by atoms with Crippen LogP contribution in [-0.4, -0.2) is 6.04 Å². The molecule has 0 heterocycles. The lowest BCUT2D eigenvalue weighted by Gasteiger charge is -2.11. The van der Waals surface area contributed by atoms with Crippen LogP contribution in [0.4, 0.5) is 0 Å². The molecule has 0 aromatic heterocycles. The summed E-state index contributed by atoms with van der Waals surface area (Å²) in [5.41, 5.74) is 11.5. The van der Waals surface area contributed by atoms with Crippen molar-refractivity contribution < 1.29 is 0 Å². The van der Waals surface area contributed by atoms with E-state index in [1.807, 2.05) is 0 Å². The number of rotatable bonds is 4. The summed E-state index contributed by atoms with van der Waals surface area (Å²) < 4.78 is 0. The Bertz CT molecular complexity index is 326. The molecule has 2 N–H and O–H groups in total. The van der Waals surface area contributed by atoms with Crippen LogP contribution < -0.4 is 5.73 Å². The number of aryl methyl sites for hydroxylation is 2. The Hall–Kier alpha value is -0.820. The molecule has 1 aromatic rings. The van der Waals surface area contributed by atoms with E-state index < -0.39 is 0 Å². The number of hydrogen-bond donors (Lipinski definition) is 1. The van der Waals surface area contributed by atoms with Gasteiger partial charge in [0.15, 0.2) is 0 Å². The molecule has 0 saturated carbocycles. The second-order valence-corrected chi connectivity index (χ2v) is 4.66. The van der Waals surface area contributed by atoms with E-state index in [-0.39, 0.29) is 0 Å². The smallest absolute Gasteiger partial charge is 0.00105 e. The molecule has 1 nitrogen and oxygen atoms in total. The van der Waals surface area contributed by atoms with Crippen LogP contribution in [-0.2, 0) is 6.42 Å². The van der Waals surface area contributed by atoms with Gasteiger partial charge >= 0.3 is 0 Å². The molecule has 1 rings (SSSR count). The lowest BCUT2D eigenvalue weighted by Crippen LogP contribution is -2.14. The molecule has 15 heavy (non-hydrogen) atoms. The van der Waals surface area contributed by atoms with Crippen molar-refractivity contribution in [2.75, 3.05) is 0 Å². The highest BCUT2D eigenvalue weighted by Gasteiger charge is 2.03. The maximum atomic E-state index is 5.75. The zero-order valence-electron chi connectivity index (χ0n) is 10.4. The third-order valence-electron chi connectivity index (χ3n) is 3.28. The van der Waals surface area contributed by atoms with Crippen molar-refractivity contribution in [3.8, 4) is 0 Å². The maximum Gasteiger partial charge on any atom is 0.00105 e. The monoisotopic (exact) mass is 205 g/mol. The highest BCUT2D eigenvalue weighted by molar-refractivity contribution is 5.38. The summed E-state index contributed by atoms with van der Waals surface area (Å²) in [5.74, 6) is 0. The Morgan fingerprint density at radius 3 is 2.40 bits per heavy atom. The molecule has 0 aliphatic rings. The number of nitrogens with two attached hydrogens (primary N) is 1. The summed E-state index contributed by atoms with van der Waals surface area (Å²) in [6.45, 7) is 8.69. The van der Waals surface area contributed by atoms with E-state index in [1.165, 1.54) is 28.7 Å². The van der Waals surface area contributed by atoms with Crippen molar-refractivity contribution in [3.63, 3.8) is 0 Å². The molecule has 0 aliphatic heterocycles. The highest BCUT2D eigenvalue weighted by Crippen LogP contribution is 2.18. The van der Waals surface area contributed by atoms with Gasteiger partial charge in [-0.15, -0.1) is 0 Å². The standard InChI is InChI=1S/C14H23N/c1-10-8-9-14(13(4)12(10)3)7-5-6-11(2)15/h8-9,11H,5-7,15H2,1-4H3. The SMILES string of the molecule is Cc1ccc(CCCC(C)N)c(C)c1C. The van der Waals surface area contributed by atoms with Gasteiger partial charge in [-0.2, -0.15) is 0 Å². The van der Waals surface area contributed by atoms with E-state index in [4.69, 9.17) is 5.73 Å². The summed E-state index contributed by atoms with van der Waals surface area (Å²) in [5, 5.41) is 0. The molecule has 0 aliphatic carbocycles. The predicted molar refractivity (Wildman–Crippen MR) is 67.2 cm³/mol. The Morgan fingerprint density at radius 1 is 1.13 bits per heavy atom. The minimum Gasteiger partial charge on any atom is -0.328 e. The van der Waals surface area contributed by atoms with E-state index in [9.17, 15) is 0 Å². The summed E-state index contributed by atoms with van der Waals surface area (Å²) in [6.07, 6.45) is 3.47. The first-order valence-electron chi connectivity index (χ1n) is 5.83. The summed E-state index contributed by atoms with van der Waals surface area (Å²) in [4.78, 5) is 0. The minimum atomic E-state index is 0.330. The Morgan fingerprint density at radius 2 is 1.80 bits per heavy atom. The molecule has 0 radical (unpaired) electrons. The van der Waals surface area contributed by atoms with Gasteiger partial charge in [0.1, 0.15) is 0 Å². The minimum absolute atomic E-state index is 0.330. The zero-order valence-corrected chi connectivity index (χ0v) is 10.4. The van der Waals surface area contributed by atoms with Gasteiger partial charge < -0.3 is 5.73 Å². The number of hydrogen-bond acceptors (Lipinski definition) is 1. The molecular formula is C14H23N. The molecule has 84 valence electrons. The first-order valence-corrected chi connectivity index (χ1v) is 5.83. The second kappa shape index (κ2) is 5.32. The second-order valence-electron chi connectivity index (χ2n) is 4.66. The quantitative estimate of drug-likeness (QED) is 0.802. The molecule has 0 amide bonds. The van der Waals surface area contributed by atoms with E-state index in [0.717, 1.165) is 12.8 Å². The first-order chi connectivity index (χ1) is 7.02. The van der Waals surface area contributed by atoms with Crippen LogP contribution in [0.3, 0.4) is 0 Å². The van der Waals surface area contributed by atoms with Crippen LogP contribution >= 0.6 is 0 Å². The van der Waals surface area contributed by atoms with Gasteiger partial charge in [-0.3, -0.25) is 0 Å². The van der Waals surface area contributed by atoms with Crippen LogP contribution in [0.25, 0.3) is 0 Å². The van der Waals surface area contributed by atoms with Crippen molar-refractivity contribution in [3.05, 3.63) is 34.4 Å². The molecule has 1 atom stereocenters. The summed E-state index contributed by atoms with van der Waals surface area (Å²) >= 11 is 0. The van der Waals surface area contributed by atoms with Gasteiger partial charge in [-0.05, 0) is 69.2 Å². The van der Waals surface area contributed by atoms with E-state index in [0.29, 0.717) is 6.04 Å². The van der Waals surface area contributed by atoms with Gasteiger partial charge in [0.2, 0.25) is 0 Å². The van der Waals surface area contributed by atoms with Crippen LogP contribution in [0, 0.1) is 20.8 Å². The largest absolute Gasteiger partial charge is 0.328 e. The van der Waals surface area contributed by atoms with E-state index in [2.05, 4.69) is 39.8 Å². The van der Waals surface area contributed by atoms with E-state index >= 15 is 0 Å². The highest BCUT2D eigenvalue weighted by atomic mass is 14.6. The van der Waals surface area contributed by atoms with Gasteiger partial charge in [0.05, 0.1) is 0 Å². The zero-order chi connectivity index (χ0) is 11.4. The fourth-order valence-corrected chi connectivity index (χ4v) is 1.90. The average Bonchev–Trinajstić information content (AvgIpc) is 2.18. The van der Waals surface area contributed by atoms with Crippen LogP contribution in [0.2, 0.25) is 0 Å². The molecular weight excluding hydrogens is 182 g/mol. The predicted octanol–water partition coefficient (Wildman–Crippen LogP) is 3.28. The fourth-order valence-electron chi connectivity index (χ4n) is 1.90. The lowest BCUT2D eigenvalue weighted by molar-refractivity contribution is 0.623.